The summed E-state index contributed by atoms with van der Waals surface area (Å²) in [5.74, 6) is -0.0368. The molecule has 1 heterocycles. The molecule has 1 saturated carbocycles. The van der Waals surface area contributed by atoms with Gasteiger partial charge in [0, 0.05) is 4.88 Å². The molecule has 1 aliphatic rings. The molecule has 0 aromatic carbocycles. The second-order valence-electron chi connectivity index (χ2n) is 3.98. The molecule has 0 saturated heterocycles. The molecule has 1 fully saturated rings. The zero-order chi connectivity index (χ0) is 10.2. The van der Waals surface area contributed by atoms with Crippen molar-refractivity contribution in [3.8, 4) is 0 Å². The maximum absolute atomic E-state index is 11.5. The van der Waals surface area contributed by atoms with E-state index in [0.717, 1.165) is 19.3 Å². The minimum Gasteiger partial charge on any atom is -0.469 e. The molecule has 0 unspecified atom stereocenters. The SMILES string of the molecule is COC(=O)C1(Cc2sccc2C)CC1. The Hall–Kier alpha value is -0.830. The van der Waals surface area contributed by atoms with Crippen molar-refractivity contribution in [1.82, 2.24) is 0 Å². The van der Waals surface area contributed by atoms with Gasteiger partial charge in [-0.15, -0.1) is 11.3 Å². The van der Waals surface area contributed by atoms with Gasteiger partial charge in [-0.3, -0.25) is 4.79 Å². The maximum atomic E-state index is 11.5. The van der Waals surface area contributed by atoms with Crippen molar-refractivity contribution in [2.75, 3.05) is 7.11 Å². The van der Waals surface area contributed by atoms with Crippen LogP contribution in [0.2, 0.25) is 0 Å². The molecule has 1 aromatic heterocycles. The van der Waals surface area contributed by atoms with Crippen LogP contribution in [-0.4, -0.2) is 13.1 Å². The molecule has 0 amide bonds. The average molecular weight is 210 g/mol. The van der Waals surface area contributed by atoms with Gasteiger partial charge in [0.15, 0.2) is 0 Å². The fourth-order valence-corrected chi connectivity index (χ4v) is 2.76. The summed E-state index contributed by atoms with van der Waals surface area (Å²) in [6.45, 7) is 2.10. The molecule has 2 rings (SSSR count). The predicted octanol–water partition coefficient (Wildman–Crippen LogP) is 2.55. The molecule has 14 heavy (non-hydrogen) atoms. The van der Waals surface area contributed by atoms with E-state index in [1.165, 1.54) is 17.6 Å². The number of hydrogen-bond acceptors (Lipinski definition) is 3. The van der Waals surface area contributed by atoms with Crippen molar-refractivity contribution in [1.29, 1.82) is 0 Å². The lowest BCUT2D eigenvalue weighted by Gasteiger charge is -2.11. The van der Waals surface area contributed by atoms with E-state index in [9.17, 15) is 4.79 Å². The second kappa shape index (κ2) is 3.39. The van der Waals surface area contributed by atoms with E-state index >= 15 is 0 Å². The highest BCUT2D eigenvalue weighted by Gasteiger charge is 2.51. The van der Waals surface area contributed by atoms with Crippen molar-refractivity contribution in [2.45, 2.75) is 26.2 Å². The molecule has 1 aromatic rings. The third-order valence-electron chi connectivity index (χ3n) is 2.94. The van der Waals surface area contributed by atoms with Crippen LogP contribution in [0.25, 0.3) is 0 Å². The van der Waals surface area contributed by atoms with Crippen LogP contribution in [0.15, 0.2) is 11.4 Å². The number of esters is 1. The smallest absolute Gasteiger partial charge is 0.312 e. The van der Waals surface area contributed by atoms with Crippen LogP contribution in [0.5, 0.6) is 0 Å². The van der Waals surface area contributed by atoms with Crippen molar-refractivity contribution in [3.63, 3.8) is 0 Å². The first kappa shape index (κ1) is 9.71. The third-order valence-corrected chi connectivity index (χ3v) is 3.96. The van der Waals surface area contributed by atoms with E-state index < -0.39 is 0 Å². The first-order chi connectivity index (χ1) is 6.68. The topological polar surface area (TPSA) is 26.3 Å². The fourth-order valence-electron chi connectivity index (χ4n) is 1.71. The molecule has 3 heteroatoms. The summed E-state index contributed by atoms with van der Waals surface area (Å²) in [5, 5.41) is 2.08. The number of carbonyl (C=O) groups is 1. The number of ether oxygens (including phenoxy) is 1. The number of aryl methyl sites for hydroxylation is 1. The number of hydrogen-bond donors (Lipinski definition) is 0. The van der Waals surface area contributed by atoms with Crippen LogP contribution in [0.4, 0.5) is 0 Å². The summed E-state index contributed by atoms with van der Waals surface area (Å²) in [4.78, 5) is 12.8. The summed E-state index contributed by atoms with van der Waals surface area (Å²) in [7, 11) is 1.48. The largest absolute Gasteiger partial charge is 0.469 e. The van der Waals surface area contributed by atoms with Gasteiger partial charge < -0.3 is 4.74 Å². The summed E-state index contributed by atoms with van der Waals surface area (Å²) < 4.78 is 4.83. The molecule has 0 radical (unpaired) electrons. The number of thiophene rings is 1. The Morgan fingerprint density at radius 1 is 1.64 bits per heavy atom. The lowest BCUT2D eigenvalue weighted by Crippen LogP contribution is -2.19. The molecule has 0 N–H and O–H groups in total. The third kappa shape index (κ3) is 1.57. The van der Waals surface area contributed by atoms with Gasteiger partial charge in [-0.05, 0) is 43.2 Å². The Bertz CT molecular complexity index is 350. The van der Waals surface area contributed by atoms with E-state index in [4.69, 9.17) is 4.74 Å². The second-order valence-corrected chi connectivity index (χ2v) is 4.98. The van der Waals surface area contributed by atoms with Crippen molar-refractivity contribution in [2.24, 2.45) is 5.41 Å². The molecule has 0 spiro atoms. The highest BCUT2D eigenvalue weighted by atomic mass is 32.1. The van der Waals surface area contributed by atoms with Crippen molar-refractivity contribution < 1.29 is 9.53 Å². The van der Waals surface area contributed by atoms with Gasteiger partial charge in [0.25, 0.3) is 0 Å². The highest BCUT2D eigenvalue weighted by Crippen LogP contribution is 2.50. The molecule has 2 nitrogen and oxygen atoms in total. The molecule has 0 aliphatic heterocycles. The normalized spacial score (nSPS) is 17.9. The summed E-state index contributed by atoms with van der Waals surface area (Å²) >= 11 is 1.74. The zero-order valence-electron chi connectivity index (χ0n) is 8.50. The maximum Gasteiger partial charge on any atom is 0.312 e. The van der Waals surface area contributed by atoms with E-state index in [1.54, 1.807) is 11.3 Å². The molecule has 0 atom stereocenters. The first-order valence-corrected chi connectivity index (χ1v) is 5.67. The number of carbonyl (C=O) groups excluding carboxylic acids is 1. The molecular weight excluding hydrogens is 196 g/mol. The summed E-state index contributed by atoms with van der Waals surface area (Å²) in [5.41, 5.74) is 1.12. The van der Waals surface area contributed by atoms with E-state index in [-0.39, 0.29) is 11.4 Å². The highest BCUT2D eigenvalue weighted by molar-refractivity contribution is 7.10. The van der Waals surface area contributed by atoms with Gasteiger partial charge in [-0.1, -0.05) is 0 Å². The lowest BCUT2D eigenvalue weighted by atomic mass is 10.0. The van der Waals surface area contributed by atoms with Gasteiger partial charge in [0.05, 0.1) is 12.5 Å². The van der Waals surface area contributed by atoms with Crippen LogP contribution >= 0.6 is 11.3 Å². The van der Waals surface area contributed by atoms with Crippen LogP contribution in [-0.2, 0) is 16.0 Å². The summed E-state index contributed by atoms with van der Waals surface area (Å²) in [6.07, 6.45) is 2.83. The van der Waals surface area contributed by atoms with Crippen molar-refractivity contribution >= 4 is 17.3 Å². The van der Waals surface area contributed by atoms with Crippen molar-refractivity contribution in [3.05, 3.63) is 21.9 Å². The molecular formula is C11H14O2S. The number of rotatable bonds is 3. The Balaban J connectivity index is 2.12. The van der Waals surface area contributed by atoms with Gasteiger partial charge >= 0.3 is 5.97 Å². The van der Waals surface area contributed by atoms with Crippen LogP contribution in [0.3, 0.4) is 0 Å². The van der Waals surface area contributed by atoms with E-state index in [0.29, 0.717) is 0 Å². The van der Waals surface area contributed by atoms with Crippen LogP contribution < -0.4 is 0 Å². The molecule has 0 bridgehead atoms. The average Bonchev–Trinajstić information content (AvgIpc) is 2.86. The number of methoxy groups -OCH3 is 1. The monoisotopic (exact) mass is 210 g/mol. The Kier molecular flexibility index (Phi) is 2.35. The van der Waals surface area contributed by atoms with Gasteiger partial charge in [-0.25, -0.2) is 0 Å². The van der Waals surface area contributed by atoms with Crippen LogP contribution in [0, 0.1) is 12.3 Å². The zero-order valence-corrected chi connectivity index (χ0v) is 9.32. The van der Waals surface area contributed by atoms with Gasteiger partial charge in [0.2, 0.25) is 0 Å². The minimum absolute atomic E-state index is 0.0368. The van der Waals surface area contributed by atoms with Gasteiger partial charge in [0.1, 0.15) is 0 Å². The lowest BCUT2D eigenvalue weighted by molar-refractivity contribution is -0.147. The molecule has 1 aliphatic carbocycles. The predicted molar refractivity (Wildman–Crippen MR) is 56.4 cm³/mol. The van der Waals surface area contributed by atoms with Gasteiger partial charge in [-0.2, -0.15) is 0 Å². The first-order valence-electron chi connectivity index (χ1n) is 4.79. The molecule has 76 valence electrons. The summed E-state index contributed by atoms with van der Waals surface area (Å²) in [6, 6.07) is 2.10. The standard InChI is InChI=1S/C11H14O2S/c1-8-3-6-14-9(8)7-11(4-5-11)10(12)13-2/h3,6H,4-5,7H2,1-2H3. The van der Waals surface area contributed by atoms with Crippen LogP contribution in [0.1, 0.15) is 23.3 Å². The quantitative estimate of drug-likeness (QED) is 0.717. The Morgan fingerprint density at radius 3 is 2.79 bits per heavy atom. The fraction of sp³-hybridized carbons (Fsp3) is 0.545. The minimum atomic E-state index is -0.176. The Labute approximate surface area is 87.9 Å². The van der Waals surface area contributed by atoms with E-state index in [2.05, 4.69) is 18.4 Å². The van der Waals surface area contributed by atoms with E-state index in [1.807, 2.05) is 0 Å². The Morgan fingerprint density at radius 2 is 2.36 bits per heavy atom.